The summed E-state index contributed by atoms with van der Waals surface area (Å²) in [6, 6.07) is 12.6. The van der Waals surface area contributed by atoms with Crippen LogP contribution in [0, 0.1) is 13.8 Å². The molecule has 0 spiro atoms. The smallest absolute Gasteiger partial charge is 0.220 e. The first kappa shape index (κ1) is 18.2. The molecule has 26 heavy (non-hydrogen) atoms. The topological polar surface area (TPSA) is 57.8 Å². The Morgan fingerprint density at radius 3 is 2.73 bits per heavy atom. The van der Waals surface area contributed by atoms with Crippen LogP contribution in [0.15, 0.2) is 36.4 Å². The minimum absolute atomic E-state index is 0.0188. The summed E-state index contributed by atoms with van der Waals surface area (Å²) in [5, 5.41) is 3.12. The lowest BCUT2D eigenvalue weighted by atomic mass is 10.00. The van der Waals surface area contributed by atoms with E-state index in [1.165, 1.54) is 16.7 Å². The molecular weight excluding hydrogens is 322 g/mol. The first-order chi connectivity index (χ1) is 12.5. The molecule has 3 rings (SSSR count). The molecule has 0 unspecified atom stereocenters. The number of fused-ring (bicyclic) bond motifs is 1. The zero-order valence-corrected chi connectivity index (χ0v) is 16.0. The van der Waals surface area contributed by atoms with Gasteiger partial charge in [0, 0.05) is 12.8 Å². The van der Waals surface area contributed by atoms with Crippen LogP contribution in [0.1, 0.15) is 54.4 Å². The fourth-order valence-electron chi connectivity index (χ4n) is 3.39. The van der Waals surface area contributed by atoms with E-state index in [4.69, 9.17) is 0 Å². The number of aromatic nitrogens is 2. The van der Waals surface area contributed by atoms with Crippen molar-refractivity contribution in [3.05, 3.63) is 64.5 Å². The Labute approximate surface area is 155 Å². The van der Waals surface area contributed by atoms with Gasteiger partial charge in [-0.25, -0.2) is 4.98 Å². The maximum absolute atomic E-state index is 12.4. The third-order valence-corrected chi connectivity index (χ3v) is 4.84. The average molecular weight is 349 g/mol. The van der Waals surface area contributed by atoms with Gasteiger partial charge in [0.05, 0.1) is 17.1 Å². The van der Waals surface area contributed by atoms with Gasteiger partial charge in [0.15, 0.2) is 0 Å². The molecule has 0 saturated carbocycles. The fourth-order valence-corrected chi connectivity index (χ4v) is 3.39. The highest BCUT2D eigenvalue weighted by Gasteiger charge is 2.12. The van der Waals surface area contributed by atoms with E-state index in [1.807, 2.05) is 13.0 Å². The number of hydrogen-bond acceptors (Lipinski definition) is 2. The Morgan fingerprint density at radius 1 is 1.19 bits per heavy atom. The molecule has 4 heteroatoms. The molecule has 2 N–H and O–H groups in total. The van der Waals surface area contributed by atoms with E-state index in [0.717, 1.165) is 35.3 Å². The van der Waals surface area contributed by atoms with Crippen molar-refractivity contribution in [1.29, 1.82) is 0 Å². The predicted octanol–water partition coefficient (Wildman–Crippen LogP) is 4.55. The SMILES string of the molecule is CCc1nc2ccc(CCC(=O)N[C@H](C)c3ccc(C)cc3C)cc2[nH]1. The van der Waals surface area contributed by atoms with Crippen LogP contribution in [0.25, 0.3) is 11.0 Å². The van der Waals surface area contributed by atoms with Gasteiger partial charge < -0.3 is 10.3 Å². The molecule has 4 nitrogen and oxygen atoms in total. The molecular formula is C22H27N3O. The largest absolute Gasteiger partial charge is 0.350 e. The lowest BCUT2D eigenvalue weighted by Gasteiger charge is -2.17. The highest BCUT2D eigenvalue weighted by molar-refractivity contribution is 5.78. The first-order valence-corrected chi connectivity index (χ1v) is 9.30. The Hall–Kier alpha value is -2.62. The summed E-state index contributed by atoms with van der Waals surface area (Å²) in [6.07, 6.45) is 2.10. The van der Waals surface area contributed by atoms with Gasteiger partial charge in [0.1, 0.15) is 5.82 Å². The van der Waals surface area contributed by atoms with E-state index in [9.17, 15) is 4.79 Å². The minimum atomic E-state index is 0.0188. The average Bonchev–Trinajstić information content (AvgIpc) is 3.02. The summed E-state index contributed by atoms with van der Waals surface area (Å²) in [5.74, 6) is 1.08. The number of imidazole rings is 1. The van der Waals surface area contributed by atoms with Crippen LogP contribution >= 0.6 is 0 Å². The predicted molar refractivity (Wildman–Crippen MR) is 106 cm³/mol. The molecule has 0 aliphatic rings. The van der Waals surface area contributed by atoms with Crippen molar-refractivity contribution in [2.24, 2.45) is 0 Å². The molecule has 0 fully saturated rings. The van der Waals surface area contributed by atoms with Gasteiger partial charge in [-0.1, -0.05) is 36.8 Å². The molecule has 1 heterocycles. The van der Waals surface area contributed by atoms with Crippen molar-refractivity contribution in [2.45, 2.75) is 53.0 Å². The minimum Gasteiger partial charge on any atom is -0.350 e. The fraction of sp³-hybridized carbons (Fsp3) is 0.364. The summed E-state index contributed by atoms with van der Waals surface area (Å²) in [4.78, 5) is 20.2. The summed E-state index contributed by atoms with van der Waals surface area (Å²) in [7, 11) is 0. The summed E-state index contributed by atoms with van der Waals surface area (Å²) in [5.41, 5.74) is 6.81. The number of rotatable bonds is 6. The van der Waals surface area contributed by atoms with Crippen LogP contribution in [0.3, 0.4) is 0 Å². The Bertz CT molecular complexity index is 926. The Kier molecular flexibility index (Phi) is 5.40. The van der Waals surface area contributed by atoms with Crippen molar-refractivity contribution >= 4 is 16.9 Å². The van der Waals surface area contributed by atoms with Gasteiger partial charge in [-0.2, -0.15) is 0 Å². The Balaban J connectivity index is 1.59. The molecule has 0 radical (unpaired) electrons. The molecule has 0 saturated heterocycles. The van der Waals surface area contributed by atoms with Crippen LogP contribution in [-0.2, 0) is 17.6 Å². The van der Waals surface area contributed by atoms with Crippen LogP contribution in [-0.4, -0.2) is 15.9 Å². The zero-order chi connectivity index (χ0) is 18.7. The molecule has 136 valence electrons. The zero-order valence-electron chi connectivity index (χ0n) is 16.0. The first-order valence-electron chi connectivity index (χ1n) is 9.30. The number of aromatic amines is 1. The van der Waals surface area contributed by atoms with Crippen LogP contribution in [0.4, 0.5) is 0 Å². The molecule has 1 aromatic heterocycles. The number of hydrogen-bond donors (Lipinski definition) is 2. The van der Waals surface area contributed by atoms with Crippen molar-refractivity contribution in [2.75, 3.05) is 0 Å². The van der Waals surface area contributed by atoms with Crippen molar-refractivity contribution < 1.29 is 4.79 Å². The van der Waals surface area contributed by atoms with E-state index >= 15 is 0 Å². The molecule has 1 atom stereocenters. The van der Waals surface area contributed by atoms with E-state index in [2.05, 4.69) is 66.4 Å². The number of amides is 1. The second kappa shape index (κ2) is 7.73. The van der Waals surface area contributed by atoms with Gasteiger partial charge in [0.25, 0.3) is 0 Å². The van der Waals surface area contributed by atoms with E-state index in [0.29, 0.717) is 6.42 Å². The van der Waals surface area contributed by atoms with Gasteiger partial charge in [-0.15, -0.1) is 0 Å². The standard InChI is InChI=1S/C22H27N3O/c1-5-21-24-19-10-7-17(13-20(19)25-21)8-11-22(26)23-16(4)18-9-6-14(2)12-15(18)3/h6-7,9-10,12-13,16H,5,8,11H2,1-4H3,(H,23,26)(H,24,25)/t16-/m1/s1. The van der Waals surface area contributed by atoms with E-state index in [-0.39, 0.29) is 11.9 Å². The van der Waals surface area contributed by atoms with Crippen molar-refractivity contribution in [1.82, 2.24) is 15.3 Å². The maximum atomic E-state index is 12.4. The van der Waals surface area contributed by atoms with E-state index < -0.39 is 0 Å². The summed E-state index contributed by atoms with van der Waals surface area (Å²) < 4.78 is 0. The number of benzene rings is 2. The van der Waals surface area contributed by atoms with Crippen LogP contribution in [0.5, 0.6) is 0 Å². The summed E-state index contributed by atoms with van der Waals surface area (Å²) >= 11 is 0. The molecule has 2 aromatic carbocycles. The quantitative estimate of drug-likeness (QED) is 0.686. The van der Waals surface area contributed by atoms with Crippen LogP contribution < -0.4 is 5.32 Å². The second-order valence-corrected chi connectivity index (χ2v) is 7.04. The van der Waals surface area contributed by atoms with Crippen LogP contribution in [0.2, 0.25) is 0 Å². The van der Waals surface area contributed by atoms with Gasteiger partial charge >= 0.3 is 0 Å². The third kappa shape index (κ3) is 4.13. The second-order valence-electron chi connectivity index (χ2n) is 7.04. The third-order valence-electron chi connectivity index (χ3n) is 4.84. The van der Waals surface area contributed by atoms with Gasteiger partial charge in [0.2, 0.25) is 5.91 Å². The number of aryl methyl sites for hydroxylation is 4. The lowest BCUT2D eigenvalue weighted by molar-refractivity contribution is -0.121. The number of nitrogens with zero attached hydrogens (tertiary/aromatic N) is 1. The number of nitrogens with one attached hydrogen (secondary N) is 2. The Morgan fingerprint density at radius 2 is 2.00 bits per heavy atom. The van der Waals surface area contributed by atoms with Crippen molar-refractivity contribution in [3.63, 3.8) is 0 Å². The monoisotopic (exact) mass is 349 g/mol. The molecule has 0 aliphatic heterocycles. The molecule has 3 aromatic rings. The lowest BCUT2D eigenvalue weighted by Crippen LogP contribution is -2.27. The number of carbonyl (C=O) groups excluding carboxylic acids is 1. The normalized spacial score (nSPS) is 12.3. The maximum Gasteiger partial charge on any atom is 0.220 e. The van der Waals surface area contributed by atoms with E-state index in [1.54, 1.807) is 0 Å². The number of carbonyl (C=O) groups is 1. The molecule has 1 amide bonds. The molecule has 0 bridgehead atoms. The molecule has 0 aliphatic carbocycles. The number of H-pyrrole nitrogens is 1. The van der Waals surface area contributed by atoms with Crippen molar-refractivity contribution in [3.8, 4) is 0 Å². The van der Waals surface area contributed by atoms with Gasteiger partial charge in [-0.3, -0.25) is 4.79 Å². The van der Waals surface area contributed by atoms with Gasteiger partial charge in [-0.05, 0) is 56.0 Å². The summed E-state index contributed by atoms with van der Waals surface area (Å²) in [6.45, 7) is 8.30. The highest BCUT2D eigenvalue weighted by atomic mass is 16.1. The highest BCUT2D eigenvalue weighted by Crippen LogP contribution is 2.19.